The summed E-state index contributed by atoms with van der Waals surface area (Å²) in [5.74, 6) is 0. The lowest BCUT2D eigenvalue weighted by Gasteiger charge is -2.38. The number of rotatable bonds is 8. The van der Waals surface area contributed by atoms with Gasteiger partial charge in [0.15, 0.2) is 0 Å². The molecule has 0 N–H and O–H groups in total. The number of pyridine rings is 1. The maximum Gasteiger partial charge on any atom is 0.211 e. The molecule has 1 aromatic rings. The van der Waals surface area contributed by atoms with E-state index in [1.807, 2.05) is 24.5 Å². The summed E-state index contributed by atoms with van der Waals surface area (Å²) in [6.07, 6.45) is 10.5. The highest BCUT2D eigenvalue weighted by Crippen LogP contribution is 2.21. The maximum absolute atomic E-state index is 12.4. The van der Waals surface area contributed by atoms with Gasteiger partial charge in [-0.1, -0.05) is 0 Å². The molecule has 0 radical (unpaired) electrons. The minimum absolute atomic E-state index is 0.0964. The van der Waals surface area contributed by atoms with E-state index in [9.17, 15) is 8.42 Å². The van der Waals surface area contributed by atoms with Crippen LogP contribution in [0.3, 0.4) is 0 Å². The molecule has 3 heterocycles. The van der Waals surface area contributed by atoms with Crippen LogP contribution in [0.2, 0.25) is 0 Å². The van der Waals surface area contributed by atoms with E-state index in [0.29, 0.717) is 6.54 Å². The number of likely N-dealkylation sites (tertiary alicyclic amines) is 2. The van der Waals surface area contributed by atoms with Gasteiger partial charge in [0.05, 0.1) is 6.26 Å². The van der Waals surface area contributed by atoms with Gasteiger partial charge in [0.2, 0.25) is 10.0 Å². The van der Waals surface area contributed by atoms with E-state index in [0.717, 1.165) is 45.4 Å². The van der Waals surface area contributed by atoms with Crippen molar-refractivity contribution in [1.82, 2.24) is 19.1 Å². The molecule has 0 spiro atoms. The zero-order valence-corrected chi connectivity index (χ0v) is 16.7. The molecule has 1 atom stereocenters. The van der Waals surface area contributed by atoms with Gasteiger partial charge in [-0.2, -0.15) is 4.31 Å². The molecule has 7 heteroatoms. The van der Waals surface area contributed by atoms with Crippen molar-refractivity contribution in [2.45, 2.75) is 44.7 Å². The van der Waals surface area contributed by atoms with Crippen LogP contribution >= 0.6 is 0 Å². The lowest BCUT2D eigenvalue weighted by molar-refractivity contribution is 0.140. The number of sulfonamides is 1. The molecule has 0 bridgehead atoms. The van der Waals surface area contributed by atoms with Crippen molar-refractivity contribution < 1.29 is 8.42 Å². The van der Waals surface area contributed by atoms with Crippen LogP contribution in [0.5, 0.6) is 0 Å². The molecule has 0 aromatic carbocycles. The van der Waals surface area contributed by atoms with E-state index >= 15 is 0 Å². The van der Waals surface area contributed by atoms with Crippen molar-refractivity contribution >= 4 is 10.0 Å². The first kappa shape index (κ1) is 19.7. The van der Waals surface area contributed by atoms with Crippen LogP contribution in [-0.4, -0.2) is 79.1 Å². The lowest BCUT2D eigenvalue weighted by Crippen LogP contribution is -2.50. The second-order valence-electron chi connectivity index (χ2n) is 7.66. The Kier molecular flexibility index (Phi) is 7.03. The fourth-order valence-electron chi connectivity index (χ4n) is 4.23. The highest BCUT2D eigenvalue weighted by molar-refractivity contribution is 7.88. The molecular weight excluding hydrogens is 348 g/mol. The molecule has 3 rings (SSSR count). The molecule has 6 nitrogen and oxygen atoms in total. The van der Waals surface area contributed by atoms with E-state index in [1.165, 1.54) is 37.8 Å². The van der Waals surface area contributed by atoms with Crippen molar-refractivity contribution in [3.8, 4) is 0 Å². The molecule has 2 aliphatic heterocycles. The minimum Gasteiger partial charge on any atom is -0.303 e. The van der Waals surface area contributed by atoms with E-state index in [2.05, 4.69) is 14.8 Å². The van der Waals surface area contributed by atoms with Gasteiger partial charge >= 0.3 is 0 Å². The van der Waals surface area contributed by atoms with Crippen LogP contribution in [0.25, 0.3) is 0 Å². The number of nitrogens with zero attached hydrogens (tertiary/aromatic N) is 4. The number of hydrogen-bond acceptors (Lipinski definition) is 5. The van der Waals surface area contributed by atoms with E-state index < -0.39 is 10.0 Å². The maximum atomic E-state index is 12.4. The van der Waals surface area contributed by atoms with E-state index in [1.54, 1.807) is 4.31 Å². The van der Waals surface area contributed by atoms with E-state index in [4.69, 9.17) is 0 Å². The predicted molar refractivity (Wildman–Crippen MR) is 104 cm³/mol. The molecule has 2 aliphatic rings. The summed E-state index contributed by atoms with van der Waals surface area (Å²) >= 11 is 0. The third-order valence-corrected chi connectivity index (χ3v) is 6.85. The van der Waals surface area contributed by atoms with Gasteiger partial charge in [-0.15, -0.1) is 0 Å². The number of aromatic nitrogens is 1. The third-order valence-electron chi connectivity index (χ3n) is 5.52. The minimum atomic E-state index is -3.18. The fraction of sp³-hybridized carbons (Fsp3) is 0.737. The molecule has 2 saturated heterocycles. The third kappa shape index (κ3) is 5.74. The molecule has 0 saturated carbocycles. The monoisotopic (exact) mass is 380 g/mol. The van der Waals surface area contributed by atoms with Crippen molar-refractivity contribution in [1.29, 1.82) is 0 Å². The highest BCUT2D eigenvalue weighted by Gasteiger charge is 2.30. The van der Waals surface area contributed by atoms with Gasteiger partial charge in [-0.3, -0.25) is 9.88 Å². The summed E-state index contributed by atoms with van der Waals surface area (Å²) in [6.45, 7) is 6.71. The SMILES string of the molecule is CS(=O)(=O)N(CCCN1CCCC1)C1CCCN(Cc2ccncc2)C1. The number of piperidine rings is 1. The Morgan fingerprint density at radius 3 is 2.50 bits per heavy atom. The van der Waals surface area contributed by atoms with Gasteiger partial charge in [0.25, 0.3) is 0 Å². The zero-order chi connectivity index (χ0) is 18.4. The Morgan fingerprint density at radius 1 is 1.12 bits per heavy atom. The molecule has 146 valence electrons. The van der Waals surface area contributed by atoms with Gasteiger partial charge in [0, 0.05) is 38.1 Å². The van der Waals surface area contributed by atoms with Gasteiger partial charge in [0.1, 0.15) is 0 Å². The summed E-state index contributed by atoms with van der Waals surface area (Å²) in [5.41, 5.74) is 1.24. The van der Waals surface area contributed by atoms with E-state index in [-0.39, 0.29) is 6.04 Å². The molecule has 0 aliphatic carbocycles. The second-order valence-corrected chi connectivity index (χ2v) is 9.60. The first-order chi connectivity index (χ1) is 12.5. The average molecular weight is 381 g/mol. The largest absolute Gasteiger partial charge is 0.303 e. The van der Waals surface area contributed by atoms with Crippen LogP contribution in [-0.2, 0) is 16.6 Å². The predicted octanol–water partition coefficient (Wildman–Crippen LogP) is 1.79. The fourth-order valence-corrected chi connectivity index (χ4v) is 5.41. The molecule has 26 heavy (non-hydrogen) atoms. The van der Waals surface area contributed by atoms with Crippen LogP contribution in [0.15, 0.2) is 24.5 Å². The summed E-state index contributed by atoms with van der Waals surface area (Å²) in [4.78, 5) is 8.90. The molecule has 1 unspecified atom stereocenters. The van der Waals surface area contributed by atoms with Gasteiger partial charge in [-0.05, 0) is 76.0 Å². The van der Waals surface area contributed by atoms with Gasteiger partial charge < -0.3 is 4.90 Å². The zero-order valence-electron chi connectivity index (χ0n) is 15.9. The van der Waals surface area contributed by atoms with Crippen molar-refractivity contribution in [3.63, 3.8) is 0 Å². The van der Waals surface area contributed by atoms with Crippen LogP contribution in [0, 0.1) is 0 Å². The van der Waals surface area contributed by atoms with Crippen LogP contribution in [0.1, 0.15) is 37.7 Å². The standard InChI is InChI=1S/C19H32N4O2S/c1-26(24,25)23(15-5-14-21-11-2-3-12-21)19-6-4-13-22(17-19)16-18-7-9-20-10-8-18/h7-10,19H,2-6,11-17H2,1H3. The smallest absolute Gasteiger partial charge is 0.211 e. The normalized spacial score (nSPS) is 22.9. The lowest BCUT2D eigenvalue weighted by atomic mass is 10.0. The Labute approximate surface area is 158 Å². The topological polar surface area (TPSA) is 56.8 Å². The summed E-state index contributed by atoms with van der Waals surface area (Å²) in [7, 11) is -3.18. The summed E-state index contributed by atoms with van der Waals surface area (Å²) in [5, 5.41) is 0. The van der Waals surface area contributed by atoms with Crippen LogP contribution in [0.4, 0.5) is 0 Å². The Hall–Kier alpha value is -1.02. The quantitative estimate of drug-likeness (QED) is 0.688. The molecule has 1 aromatic heterocycles. The number of hydrogen-bond donors (Lipinski definition) is 0. The highest BCUT2D eigenvalue weighted by atomic mass is 32.2. The van der Waals surface area contributed by atoms with Crippen LogP contribution < -0.4 is 0 Å². The molecule has 0 amide bonds. The Morgan fingerprint density at radius 2 is 1.81 bits per heavy atom. The second kappa shape index (κ2) is 9.26. The summed E-state index contributed by atoms with van der Waals surface area (Å²) < 4.78 is 26.6. The summed E-state index contributed by atoms with van der Waals surface area (Å²) in [6, 6.07) is 4.17. The van der Waals surface area contributed by atoms with Crippen molar-refractivity contribution in [2.24, 2.45) is 0 Å². The Bertz CT molecular complexity index is 647. The van der Waals surface area contributed by atoms with Crippen molar-refractivity contribution in [2.75, 3.05) is 45.5 Å². The molecular formula is C19H32N4O2S. The first-order valence-electron chi connectivity index (χ1n) is 9.83. The Balaban J connectivity index is 1.56. The molecule has 2 fully saturated rings. The first-order valence-corrected chi connectivity index (χ1v) is 11.7. The van der Waals surface area contributed by atoms with Crippen molar-refractivity contribution in [3.05, 3.63) is 30.1 Å². The average Bonchev–Trinajstić information content (AvgIpc) is 3.12. The van der Waals surface area contributed by atoms with Gasteiger partial charge in [-0.25, -0.2) is 8.42 Å².